The summed E-state index contributed by atoms with van der Waals surface area (Å²) < 4.78 is 48.4. The number of nitrogens with one attached hydrogen (secondary N) is 2. The number of nitrogens with zero attached hydrogens (tertiary/aromatic N) is 5. The van der Waals surface area contributed by atoms with Crippen LogP contribution in [0.25, 0.3) is 22.4 Å². The molecule has 1 saturated heterocycles. The third-order valence-corrected chi connectivity index (χ3v) is 7.63. The summed E-state index contributed by atoms with van der Waals surface area (Å²) in [6.45, 7) is 4.91. The summed E-state index contributed by atoms with van der Waals surface area (Å²) in [4.78, 5) is 33.7. The van der Waals surface area contributed by atoms with Gasteiger partial charge in [-0.25, -0.2) is 4.98 Å². The van der Waals surface area contributed by atoms with E-state index in [-0.39, 0.29) is 23.6 Å². The van der Waals surface area contributed by atoms with E-state index in [4.69, 9.17) is 4.74 Å². The van der Waals surface area contributed by atoms with Crippen LogP contribution in [0.3, 0.4) is 0 Å². The molecule has 1 aliphatic rings. The number of ether oxygens (including phenoxy) is 1. The minimum absolute atomic E-state index is 0.0878. The Morgan fingerprint density at radius 3 is 2.61 bits per heavy atom. The maximum Gasteiger partial charge on any atom is 0.416 e. The molecule has 1 amide bonds. The highest BCUT2D eigenvalue weighted by Crippen LogP contribution is 2.35. The Morgan fingerprint density at radius 2 is 1.86 bits per heavy atom. The number of carbonyl (C=O) groups is 1. The molecule has 6 rings (SSSR count). The number of piperazine rings is 1. The minimum atomic E-state index is -4.60. The van der Waals surface area contributed by atoms with Crippen molar-refractivity contribution >= 4 is 22.6 Å². The van der Waals surface area contributed by atoms with Crippen molar-refractivity contribution in [2.75, 3.05) is 38.5 Å². The van der Waals surface area contributed by atoms with Gasteiger partial charge >= 0.3 is 6.18 Å². The zero-order valence-corrected chi connectivity index (χ0v) is 24.2. The molecule has 2 N–H and O–H groups in total. The van der Waals surface area contributed by atoms with E-state index in [2.05, 4.69) is 30.2 Å². The van der Waals surface area contributed by atoms with E-state index in [1.165, 1.54) is 12.1 Å². The fourth-order valence-electron chi connectivity index (χ4n) is 5.09. The molecule has 12 heteroatoms. The zero-order chi connectivity index (χ0) is 30.8. The smallest absolute Gasteiger partial charge is 0.416 e. The van der Waals surface area contributed by atoms with Crippen LogP contribution in [0, 0.1) is 6.92 Å². The summed E-state index contributed by atoms with van der Waals surface area (Å²) in [5, 5.41) is 2.76. The molecule has 4 heterocycles. The van der Waals surface area contributed by atoms with Crippen molar-refractivity contribution in [1.29, 1.82) is 0 Å². The first-order valence-corrected chi connectivity index (χ1v) is 14.1. The van der Waals surface area contributed by atoms with Crippen molar-refractivity contribution in [1.82, 2.24) is 29.7 Å². The van der Waals surface area contributed by atoms with E-state index in [9.17, 15) is 18.0 Å². The van der Waals surface area contributed by atoms with Crippen molar-refractivity contribution in [2.24, 2.45) is 0 Å². The molecule has 5 aromatic rings. The molecular weight excluding hydrogens is 571 g/mol. The standard InChI is InChI=1S/C32H30F3N7O2/c1-20-5-8-24(44-31-28-26(9-11-37-28)38-29(40-31)22-4-3-10-36-18-22)17-27(20)39-30(43)21-6-7-23(25(16-21)32(33,34)35)19-42-14-12-41(2)13-15-42/h3-11,16-18,37H,12-15,19H2,1-2H3,(H,39,43). The van der Waals surface area contributed by atoms with Gasteiger partial charge in [0, 0.05) is 74.2 Å². The van der Waals surface area contributed by atoms with Crippen LogP contribution >= 0.6 is 0 Å². The third-order valence-electron chi connectivity index (χ3n) is 7.63. The second-order valence-electron chi connectivity index (χ2n) is 10.8. The number of fused-ring (bicyclic) bond motifs is 1. The summed E-state index contributed by atoms with van der Waals surface area (Å²) >= 11 is 0. The van der Waals surface area contributed by atoms with Gasteiger partial charge in [0.15, 0.2) is 5.82 Å². The Hall–Kier alpha value is -4.81. The number of benzene rings is 2. The van der Waals surface area contributed by atoms with Gasteiger partial charge in [-0.3, -0.25) is 14.7 Å². The first-order valence-electron chi connectivity index (χ1n) is 14.1. The van der Waals surface area contributed by atoms with Gasteiger partial charge in [0.1, 0.15) is 11.3 Å². The lowest BCUT2D eigenvalue weighted by Crippen LogP contribution is -2.44. The Morgan fingerprint density at radius 1 is 1.05 bits per heavy atom. The molecule has 0 unspecified atom stereocenters. The Labute approximate surface area is 251 Å². The number of pyridine rings is 1. The number of hydrogen-bond donors (Lipinski definition) is 2. The van der Waals surface area contributed by atoms with Gasteiger partial charge in [-0.15, -0.1) is 0 Å². The number of alkyl halides is 3. The predicted molar refractivity (Wildman–Crippen MR) is 161 cm³/mol. The average Bonchev–Trinajstić information content (AvgIpc) is 3.49. The number of amides is 1. The highest BCUT2D eigenvalue weighted by Gasteiger charge is 2.34. The first kappa shape index (κ1) is 29.3. The lowest BCUT2D eigenvalue weighted by molar-refractivity contribution is -0.138. The van der Waals surface area contributed by atoms with Crippen LogP contribution in [0.1, 0.15) is 27.0 Å². The molecule has 1 aliphatic heterocycles. The molecule has 0 spiro atoms. The number of rotatable bonds is 7. The average molecular weight is 602 g/mol. The summed E-state index contributed by atoms with van der Waals surface area (Å²) in [5.41, 5.74) is 2.30. The Kier molecular flexibility index (Phi) is 8.02. The lowest BCUT2D eigenvalue weighted by atomic mass is 10.0. The molecule has 44 heavy (non-hydrogen) atoms. The van der Waals surface area contributed by atoms with Crippen LogP contribution < -0.4 is 10.1 Å². The lowest BCUT2D eigenvalue weighted by Gasteiger charge is -2.33. The van der Waals surface area contributed by atoms with Gasteiger partial charge in [-0.1, -0.05) is 12.1 Å². The van der Waals surface area contributed by atoms with Gasteiger partial charge in [0.2, 0.25) is 5.88 Å². The summed E-state index contributed by atoms with van der Waals surface area (Å²) in [6.07, 6.45) is 0.438. The third kappa shape index (κ3) is 6.41. The molecule has 0 aliphatic carbocycles. The van der Waals surface area contributed by atoms with E-state index in [1.807, 2.05) is 18.0 Å². The number of carbonyl (C=O) groups excluding carboxylic acids is 1. The molecule has 0 saturated carbocycles. The molecule has 0 radical (unpaired) electrons. The molecule has 2 aromatic carbocycles. The van der Waals surface area contributed by atoms with Crippen molar-refractivity contribution in [2.45, 2.75) is 19.6 Å². The summed E-state index contributed by atoms with van der Waals surface area (Å²) in [5.74, 6) is 0.411. The molecule has 226 valence electrons. The topological polar surface area (TPSA) is 99.3 Å². The van der Waals surface area contributed by atoms with Crippen LogP contribution in [0.15, 0.2) is 73.2 Å². The fraction of sp³-hybridized carbons (Fsp3) is 0.250. The van der Waals surface area contributed by atoms with Crippen LogP contribution in [-0.2, 0) is 12.7 Å². The number of likely N-dealkylation sites (N-methyl/N-ethyl adjacent to an activating group) is 1. The summed E-state index contributed by atoms with van der Waals surface area (Å²) in [7, 11) is 1.99. The van der Waals surface area contributed by atoms with Gasteiger partial charge in [0.25, 0.3) is 5.91 Å². The highest BCUT2D eigenvalue weighted by molar-refractivity contribution is 6.05. The van der Waals surface area contributed by atoms with Gasteiger partial charge < -0.3 is 19.9 Å². The van der Waals surface area contributed by atoms with Crippen LogP contribution in [0.5, 0.6) is 11.6 Å². The van der Waals surface area contributed by atoms with E-state index >= 15 is 0 Å². The quantitative estimate of drug-likeness (QED) is 0.231. The van der Waals surface area contributed by atoms with Crippen molar-refractivity contribution in [3.8, 4) is 23.0 Å². The Balaban J connectivity index is 1.24. The van der Waals surface area contributed by atoms with E-state index in [1.54, 1.807) is 55.8 Å². The normalized spacial score (nSPS) is 14.6. The molecule has 3 aromatic heterocycles. The number of aromatic amines is 1. The van der Waals surface area contributed by atoms with Crippen molar-refractivity contribution in [3.63, 3.8) is 0 Å². The molecule has 9 nitrogen and oxygen atoms in total. The zero-order valence-electron chi connectivity index (χ0n) is 24.2. The Bertz CT molecular complexity index is 1800. The summed E-state index contributed by atoms with van der Waals surface area (Å²) in [6, 6.07) is 14.3. The van der Waals surface area contributed by atoms with E-state index in [0.717, 1.165) is 19.2 Å². The minimum Gasteiger partial charge on any atom is -0.437 e. The highest BCUT2D eigenvalue weighted by atomic mass is 19.4. The molecule has 0 atom stereocenters. The monoisotopic (exact) mass is 601 g/mol. The van der Waals surface area contributed by atoms with Crippen LogP contribution in [0.4, 0.5) is 18.9 Å². The maximum absolute atomic E-state index is 14.1. The molecular formula is C32H30F3N7O2. The van der Waals surface area contributed by atoms with Crippen molar-refractivity contribution in [3.05, 3.63) is 95.4 Å². The van der Waals surface area contributed by atoms with Crippen LogP contribution in [0.2, 0.25) is 0 Å². The maximum atomic E-state index is 14.1. The van der Waals surface area contributed by atoms with Crippen molar-refractivity contribution < 1.29 is 22.7 Å². The SMILES string of the molecule is Cc1ccc(Oc2nc(-c3cccnc3)nc3cc[nH]c23)cc1NC(=O)c1ccc(CN2CCN(C)CC2)c(C(F)(F)F)c1. The number of aromatic nitrogens is 4. The largest absolute Gasteiger partial charge is 0.437 e. The van der Waals surface area contributed by atoms with E-state index in [0.29, 0.717) is 52.5 Å². The van der Waals surface area contributed by atoms with Gasteiger partial charge in [-0.05, 0) is 61.5 Å². The number of halogens is 3. The number of aryl methyl sites for hydroxylation is 1. The predicted octanol–water partition coefficient (Wildman–Crippen LogP) is 6.14. The first-order chi connectivity index (χ1) is 21.1. The second-order valence-corrected chi connectivity index (χ2v) is 10.8. The van der Waals surface area contributed by atoms with Crippen LogP contribution in [-0.4, -0.2) is 68.9 Å². The number of anilines is 1. The van der Waals surface area contributed by atoms with Gasteiger partial charge in [0.05, 0.1) is 11.1 Å². The molecule has 0 bridgehead atoms. The fourth-order valence-corrected chi connectivity index (χ4v) is 5.09. The van der Waals surface area contributed by atoms with E-state index < -0.39 is 17.6 Å². The second kappa shape index (κ2) is 12.1. The number of H-pyrrole nitrogens is 1. The molecule has 1 fully saturated rings. The number of hydrogen-bond acceptors (Lipinski definition) is 7. The van der Waals surface area contributed by atoms with Gasteiger partial charge in [-0.2, -0.15) is 18.2 Å².